The lowest BCUT2D eigenvalue weighted by Gasteiger charge is -2.23. The van der Waals surface area contributed by atoms with Crippen molar-refractivity contribution in [2.45, 2.75) is 19.9 Å². The zero-order valence-corrected chi connectivity index (χ0v) is 17.8. The van der Waals surface area contributed by atoms with Crippen molar-refractivity contribution in [2.75, 3.05) is 19.0 Å². The predicted molar refractivity (Wildman–Crippen MR) is 122 cm³/mol. The summed E-state index contributed by atoms with van der Waals surface area (Å²) in [5.74, 6) is 2.13. The second kappa shape index (κ2) is 8.92. The maximum absolute atomic E-state index is 11.2. The lowest BCUT2D eigenvalue weighted by molar-refractivity contribution is 0.310. The molecule has 0 saturated heterocycles. The maximum Gasteiger partial charge on any atom is 0.161 e. The van der Waals surface area contributed by atoms with Crippen molar-refractivity contribution in [3.63, 3.8) is 0 Å². The largest absolute Gasteiger partial charge is 0.505 e. The van der Waals surface area contributed by atoms with Crippen LogP contribution in [-0.4, -0.2) is 28.8 Å². The van der Waals surface area contributed by atoms with E-state index >= 15 is 0 Å². The summed E-state index contributed by atoms with van der Waals surface area (Å²) in [6, 6.07) is 18.8. The number of hydrogen-bond acceptors (Lipinski definition) is 6. The molecule has 0 aliphatic carbocycles. The first kappa shape index (κ1) is 20.5. The van der Waals surface area contributed by atoms with E-state index in [0.29, 0.717) is 35.0 Å². The Balaban J connectivity index is 1.86. The number of ether oxygens (including phenoxy) is 2. The number of benzene rings is 2. The molecule has 4 aromatic rings. The molecule has 0 radical (unpaired) electrons. The molecule has 2 heterocycles. The van der Waals surface area contributed by atoms with Crippen molar-refractivity contribution in [2.24, 2.45) is 0 Å². The Morgan fingerprint density at radius 2 is 1.87 bits per heavy atom. The summed E-state index contributed by atoms with van der Waals surface area (Å²) < 4.78 is 11.2. The first-order chi connectivity index (χ1) is 15.1. The highest BCUT2D eigenvalue weighted by Crippen LogP contribution is 2.39. The Bertz CT molecular complexity index is 1200. The number of rotatable bonds is 7. The molecule has 31 heavy (non-hydrogen) atoms. The summed E-state index contributed by atoms with van der Waals surface area (Å²) in [7, 11) is 1.61. The first-order valence-corrected chi connectivity index (χ1v) is 10.2. The van der Waals surface area contributed by atoms with Gasteiger partial charge in [0.25, 0.3) is 0 Å². The van der Waals surface area contributed by atoms with Crippen LogP contribution in [0.1, 0.15) is 29.8 Å². The molecule has 2 aromatic carbocycles. The molecule has 0 spiro atoms. The Hall–Kier alpha value is -3.80. The predicted octanol–water partition coefficient (Wildman–Crippen LogP) is 5.25. The zero-order valence-electron chi connectivity index (χ0n) is 17.8. The van der Waals surface area contributed by atoms with Crippen LogP contribution in [0, 0.1) is 6.92 Å². The molecule has 0 amide bonds. The van der Waals surface area contributed by atoms with E-state index < -0.39 is 0 Å². The third-order valence-corrected chi connectivity index (χ3v) is 5.09. The van der Waals surface area contributed by atoms with Crippen molar-refractivity contribution in [3.05, 3.63) is 83.7 Å². The number of hydrogen-bond donors (Lipinski definition) is 2. The van der Waals surface area contributed by atoms with Crippen molar-refractivity contribution < 1.29 is 14.6 Å². The fraction of sp³-hybridized carbons (Fsp3) is 0.200. The quantitative estimate of drug-likeness (QED) is 0.429. The van der Waals surface area contributed by atoms with Gasteiger partial charge in [-0.1, -0.05) is 30.3 Å². The van der Waals surface area contributed by atoms with E-state index in [0.717, 1.165) is 16.6 Å². The second-order valence-corrected chi connectivity index (χ2v) is 7.16. The van der Waals surface area contributed by atoms with Gasteiger partial charge in [0.15, 0.2) is 11.5 Å². The van der Waals surface area contributed by atoms with Gasteiger partial charge in [-0.3, -0.25) is 0 Å². The van der Waals surface area contributed by atoms with Gasteiger partial charge in [0.05, 0.1) is 19.8 Å². The van der Waals surface area contributed by atoms with Crippen LogP contribution in [0.4, 0.5) is 5.82 Å². The minimum Gasteiger partial charge on any atom is -0.505 e. The van der Waals surface area contributed by atoms with Crippen LogP contribution >= 0.6 is 0 Å². The molecule has 1 atom stereocenters. The number of nitrogens with zero attached hydrogens (tertiary/aromatic N) is 2. The Morgan fingerprint density at radius 3 is 2.61 bits per heavy atom. The summed E-state index contributed by atoms with van der Waals surface area (Å²) in [6.45, 7) is 4.38. The molecule has 2 N–H and O–H groups in total. The van der Waals surface area contributed by atoms with Crippen molar-refractivity contribution >= 4 is 16.7 Å². The molecule has 4 rings (SSSR count). The average molecular weight is 415 g/mol. The number of fused-ring (bicyclic) bond motifs is 1. The van der Waals surface area contributed by atoms with E-state index in [1.165, 1.54) is 0 Å². The average Bonchev–Trinajstić information content (AvgIpc) is 2.80. The Kier molecular flexibility index (Phi) is 5.89. The Labute approximate surface area is 181 Å². The van der Waals surface area contributed by atoms with Gasteiger partial charge < -0.3 is 19.9 Å². The van der Waals surface area contributed by atoms with Gasteiger partial charge in [-0.05, 0) is 49.7 Å². The van der Waals surface area contributed by atoms with Crippen LogP contribution in [0.25, 0.3) is 10.9 Å². The highest BCUT2D eigenvalue weighted by atomic mass is 16.5. The van der Waals surface area contributed by atoms with Crippen molar-refractivity contribution in [1.82, 2.24) is 9.97 Å². The van der Waals surface area contributed by atoms with E-state index in [9.17, 15) is 5.11 Å². The summed E-state index contributed by atoms with van der Waals surface area (Å²) in [5.41, 5.74) is 3.01. The normalized spacial score (nSPS) is 11.8. The minimum atomic E-state index is -0.383. The molecule has 6 heteroatoms. The number of methoxy groups -OCH3 is 1. The number of phenols is 1. The topological polar surface area (TPSA) is 76.5 Å². The van der Waals surface area contributed by atoms with E-state index in [2.05, 4.69) is 15.3 Å². The number of aromatic nitrogens is 2. The molecular formula is C25H25N3O3. The Morgan fingerprint density at radius 1 is 1.03 bits per heavy atom. The number of aryl methyl sites for hydroxylation is 1. The highest BCUT2D eigenvalue weighted by molar-refractivity contribution is 5.86. The second-order valence-electron chi connectivity index (χ2n) is 7.16. The van der Waals surface area contributed by atoms with Crippen LogP contribution in [0.5, 0.6) is 17.2 Å². The van der Waals surface area contributed by atoms with Gasteiger partial charge in [-0.25, -0.2) is 9.97 Å². The fourth-order valence-electron chi connectivity index (χ4n) is 3.59. The van der Waals surface area contributed by atoms with E-state index in [1.807, 2.05) is 74.5 Å². The molecule has 0 aliphatic heterocycles. The van der Waals surface area contributed by atoms with Crippen LogP contribution in [0.15, 0.2) is 66.9 Å². The third kappa shape index (κ3) is 4.23. The molecule has 6 nitrogen and oxygen atoms in total. The van der Waals surface area contributed by atoms with Crippen LogP contribution in [0.3, 0.4) is 0 Å². The first-order valence-electron chi connectivity index (χ1n) is 10.2. The standard InChI is InChI=1S/C25H25N3O3/c1-4-31-20-13-11-18(15-21(20)30-3)23(28-22-7-5-6-14-26-22)19-12-10-17-9-8-16(2)27-24(17)25(19)29/h5-15,23,29H,4H2,1-3H3,(H,26,28)/t23-/m1/s1. The molecule has 158 valence electrons. The molecule has 0 bridgehead atoms. The van der Waals surface area contributed by atoms with Crippen molar-refractivity contribution in [3.8, 4) is 17.2 Å². The van der Waals surface area contributed by atoms with Gasteiger partial charge >= 0.3 is 0 Å². The minimum absolute atomic E-state index is 0.141. The molecule has 0 saturated carbocycles. The van der Waals surface area contributed by atoms with Gasteiger partial charge in [-0.2, -0.15) is 0 Å². The summed E-state index contributed by atoms with van der Waals surface area (Å²) in [6.07, 6.45) is 1.73. The lowest BCUT2D eigenvalue weighted by Crippen LogP contribution is -2.14. The number of nitrogens with one attached hydrogen (secondary N) is 1. The van der Waals surface area contributed by atoms with E-state index in [1.54, 1.807) is 13.3 Å². The smallest absolute Gasteiger partial charge is 0.161 e. The van der Waals surface area contributed by atoms with E-state index in [-0.39, 0.29) is 11.8 Å². The highest BCUT2D eigenvalue weighted by Gasteiger charge is 2.22. The van der Waals surface area contributed by atoms with Crippen LogP contribution in [-0.2, 0) is 0 Å². The van der Waals surface area contributed by atoms with Crippen LogP contribution < -0.4 is 14.8 Å². The van der Waals surface area contributed by atoms with Gasteiger partial charge in [0.1, 0.15) is 17.1 Å². The monoisotopic (exact) mass is 415 g/mol. The summed E-state index contributed by atoms with van der Waals surface area (Å²) in [5, 5.41) is 15.5. The van der Waals surface area contributed by atoms with Crippen LogP contribution in [0.2, 0.25) is 0 Å². The number of aromatic hydroxyl groups is 1. The number of anilines is 1. The third-order valence-electron chi connectivity index (χ3n) is 5.09. The van der Waals surface area contributed by atoms with E-state index in [4.69, 9.17) is 9.47 Å². The molecular weight excluding hydrogens is 390 g/mol. The molecule has 0 unspecified atom stereocenters. The van der Waals surface area contributed by atoms with Gasteiger partial charge in [0, 0.05) is 22.8 Å². The molecule has 2 aromatic heterocycles. The fourth-order valence-corrected chi connectivity index (χ4v) is 3.59. The maximum atomic E-state index is 11.2. The molecule has 0 aliphatic rings. The lowest BCUT2D eigenvalue weighted by atomic mass is 9.95. The van der Waals surface area contributed by atoms with Gasteiger partial charge in [-0.15, -0.1) is 0 Å². The van der Waals surface area contributed by atoms with Crippen molar-refractivity contribution in [1.29, 1.82) is 0 Å². The summed E-state index contributed by atoms with van der Waals surface area (Å²) in [4.78, 5) is 8.95. The number of pyridine rings is 2. The summed E-state index contributed by atoms with van der Waals surface area (Å²) >= 11 is 0. The molecule has 0 fully saturated rings. The van der Waals surface area contributed by atoms with Gasteiger partial charge in [0.2, 0.25) is 0 Å². The number of phenolic OH excluding ortho intramolecular Hbond substituents is 1. The SMILES string of the molecule is CCOc1ccc([C@@H](Nc2ccccn2)c2ccc3ccc(C)nc3c2O)cc1OC. The zero-order chi connectivity index (χ0) is 21.8.